The minimum absolute atomic E-state index is 0.120. The number of rotatable bonds is 8. The third kappa shape index (κ3) is 4.86. The molecule has 0 radical (unpaired) electrons. The van der Waals surface area contributed by atoms with Crippen molar-refractivity contribution in [2.75, 3.05) is 22.5 Å². The molecule has 0 saturated carbocycles. The lowest BCUT2D eigenvalue weighted by atomic mass is 10.2. The van der Waals surface area contributed by atoms with Crippen molar-refractivity contribution in [1.29, 1.82) is 0 Å². The molecule has 31 heavy (non-hydrogen) atoms. The Morgan fingerprint density at radius 2 is 2.00 bits per heavy atom. The summed E-state index contributed by atoms with van der Waals surface area (Å²) < 4.78 is 1.94. The monoisotopic (exact) mass is 433 g/mol. The van der Waals surface area contributed by atoms with Crippen molar-refractivity contribution in [3.05, 3.63) is 67.3 Å². The molecule has 3 aromatic rings. The number of thioether (sulfide) groups is 1. The summed E-state index contributed by atoms with van der Waals surface area (Å²) in [5.74, 6) is 0.905. The van der Waals surface area contributed by atoms with Crippen molar-refractivity contribution in [2.45, 2.75) is 24.5 Å². The van der Waals surface area contributed by atoms with Gasteiger partial charge in [0.2, 0.25) is 11.8 Å². The van der Waals surface area contributed by atoms with E-state index in [2.05, 4.69) is 22.1 Å². The van der Waals surface area contributed by atoms with E-state index >= 15 is 0 Å². The van der Waals surface area contributed by atoms with Crippen LogP contribution in [-0.2, 0) is 16.1 Å². The molecule has 0 spiro atoms. The number of hydrogen-bond acceptors (Lipinski definition) is 5. The minimum Gasteiger partial charge on any atom is -0.325 e. The SMILES string of the molecule is C=CCn1c(SCC(=O)Nc2cccc(N3CCCC3=O)c2)nnc1-c1ccccc1. The molecule has 4 rings (SSSR count). The predicted molar refractivity (Wildman–Crippen MR) is 123 cm³/mol. The van der Waals surface area contributed by atoms with Crippen molar-refractivity contribution in [1.82, 2.24) is 14.8 Å². The van der Waals surface area contributed by atoms with E-state index in [1.54, 1.807) is 11.0 Å². The van der Waals surface area contributed by atoms with Crippen LogP contribution < -0.4 is 10.2 Å². The lowest BCUT2D eigenvalue weighted by Crippen LogP contribution is -2.23. The fourth-order valence-electron chi connectivity index (χ4n) is 3.49. The number of anilines is 2. The van der Waals surface area contributed by atoms with Gasteiger partial charge in [0, 0.05) is 36.4 Å². The predicted octanol–water partition coefficient (Wildman–Crippen LogP) is 3.99. The number of amides is 2. The maximum Gasteiger partial charge on any atom is 0.234 e. The zero-order chi connectivity index (χ0) is 21.6. The molecule has 2 heterocycles. The van der Waals surface area contributed by atoms with Crippen LogP contribution in [0.3, 0.4) is 0 Å². The summed E-state index contributed by atoms with van der Waals surface area (Å²) in [4.78, 5) is 26.3. The molecular weight excluding hydrogens is 410 g/mol. The Morgan fingerprint density at radius 1 is 1.16 bits per heavy atom. The molecule has 1 aliphatic rings. The molecule has 8 heteroatoms. The van der Waals surface area contributed by atoms with Gasteiger partial charge in [-0.25, -0.2) is 0 Å². The van der Waals surface area contributed by atoms with Gasteiger partial charge in [0.25, 0.3) is 0 Å². The van der Waals surface area contributed by atoms with Crippen molar-refractivity contribution < 1.29 is 9.59 Å². The van der Waals surface area contributed by atoms with Crippen LogP contribution in [-0.4, -0.2) is 38.9 Å². The van der Waals surface area contributed by atoms with Gasteiger partial charge in [-0.3, -0.25) is 14.2 Å². The first-order chi connectivity index (χ1) is 15.2. The van der Waals surface area contributed by atoms with Crippen LogP contribution in [0.1, 0.15) is 12.8 Å². The van der Waals surface area contributed by atoms with Crippen molar-refractivity contribution in [2.24, 2.45) is 0 Å². The van der Waals surface area contributed by atoms with E-state index in [0.717, 1.165) is 30.0 Å². The molecule has 1 fully saturated rings. The Bertz CT molecular complexity index is 1100. The summed E-state index contributed by atoms with van der Waals surface area (Å²) in [5, 5.41) is 12.1. The summed E-state index contributed by atoms with van der Waals surface area (Å²) in [6, 6.07) is 17.2. The third-order valence-corrected chi connectivity index (χ3v) is 5.87. The maximum absolute atomic E-state index is 12.5. The van der Waals surface area contributed by atoms with Gasteiger partial charge in [0.15, 0.2) is 11.0 Å². The molecule has 0 atom stereocenters. The summed E-state index contributed by atoms with van der Waals surface area (Å²) in [7, 11) is 0. The summed E-state index contributed by atoms with van der Waals surface area (Å²) in [5.41, 5.74) is 2.44. The topological polar surface area (TPSA) is 80.1 Å². The molecule has 1 saturated heterocycles. The molecule has 0 aliphatic carbocycles. The molecule has 2 amide bonds. The first-order valence-electron chi connectivity index (χ1n) is 10.1. The second-order valence-corrected chi connectivity index (χ2v) is 8.05. The van der Waals surface area contributed by atoms with Gasteiger partial charge in [0.1, 0.15) is 0 Å². The number of benzene rings is 2. The Labute approximate surface area is 185 Å². The summed E-state index contributed by atoms with van der Waals surface area (Å²) in [6.45, 7) is 5.08. The van der Waals surface area contributed by atoms with Gasteiger partial charge in [-0.05, 0) is 24.6 Å². The van der Waals surface area contributed by atoms with Gasteiger partial charge in [0.05, 0.1) is 5.75 Å². The van der Waals surface area contributed by atoms with Gasteiger partial charge in [-0.1, -0.05) is 54.2 Å². The first kappa shape index (κ1) is 20.9. The fourth-order valence-corrected chi connectivity index (χ4v) is 4.24. The highest BCUT2D eigenvalue weighted by atomic mass is 32.2. The molecule has 0 bridgehead atoms. The van der Waals surface area contributed by atoms with Crippen LogP contribution >= 0.6 is 11.8 Å². The van der Waals surface area contributed by atoms with Gasteiger partial charge in [-0.15, -0.1) is 16.8 Å². The number of carbonyl (C=O) groups is 2. The van der Waals surface area contributed by atoms with Crippen molar-refractivity contribution in [3.63, 3.8) is 0 Å². The van der Waals surface area contributed by atoms with Crippen molar-refractivity contribution >= 4 is 35.0 Å². The van der Waals surface area contributed by atoms with E-state index in [-0.39, 0.29) is 17.6 Å². The highest BCUT2D eigenvalue weighted by Gasteiger charge is 2.22. The highest BCUT2D eigenvalue weighted by Crippen LogP contribution is 2.26. The summed E-state index contributed by atoms with van der Waals surface area (Å²) in [6.07, 6.45) is 3.22. The lowest BCUT2D eigenvalue weighted by Gasteiger charge is -2.16. The molecule has 1 N–H and O–H groups in total. The number of aromatic nitrogens is 3. The van der Waals surface area contributed by atoms with Crippen LogP contribution in [0, 0.1) is 0 Å². The Balaban J connectivity index is 1.42. The molecular formula is C23H23N5O2S. The third-order valence-electron chi connectivity index (χ3n) is 4.91. The quantitative estimate of drug-likeness (QED) is 0.429. The number of nitrogens with one attached hydrogen (secondary N) is 1. The first-order valence-corrected chi connectivity index (χ1v) is 11.1. The Morgan fingerprint density at radius 3 is 2.74 bits per heavy atom. The van der Waals surface area contributed by atoms with Gasteiger partial charge < -0.3 is 10.2 Å². The van der Waals surface area contributed by atoms with E-state index in [9.17, 15) is 9.59 Å². The van der Waals surface area contributed by atoms with Crippen LogP contribution in [0.15, 0.2) is 72.4 Å². The second-order valence-electron chi connectivity index (χ2n) is 7.11. The average molecular weight is 434 g/mol. The van der Waals surface area contributed by atoms with E-state index in [1.807, 2.05) is 59.2 Å². The Hall–Kier alpha value is -3.39. The maximum atomic E-state index is 12.5. The smallest absolute Gasteiger partial charge is 0.234 e. The zero-order valence-corrected chi connectivity index (χ0v) is 17.8. The molecule has 158 valence electrons. The van der Waals surface area contributed by atoms with E-state index in [0.29, 0.717) is 23.8 Å². The van der Waals surface area contributed by atoms with E-state index < -0.39 is 0 Å². The van der Waals surface area contributed by atoms with Crippen LogP contribution in [0.2, 0.25) is 0 Å². The second kappa shape index (κ2) is 9.61. The van der Waals surface area contributed by atoms with E-state index in [4.69, 9.17) is 0 Å². The number of hydrogen-bond donors (Lipinski definition) is 1. The zero-order valence-electron chi connectivity index (χ0n) is 17.0. The van der Waals surface area contributed by atoms with Crippen LogP contribution in [0.5, 0.6) is 0 Å². The Kier molecular flexibility index (Phi) is 6.47. The minimum atomic E-state index is -0.149. The molecule has 0 unspecified atom stereocenters. The molecule has 1 aromatic heterocycles. The number of carbonyl (C=O) groups excluding carboxylic acids is 2. The van der Waals surface area contributed by atoms with Crippen molar-refractivity contribution in [3.8, 4) is 11.4 Å². The normalized spacial score (nSPS) is 13.4. The molecule has 2 aromatic carbocycles. The molecule has 7 nitrogen and oxygen atoms in total. The lowest BCUT2D eigenvalue weighted by molar-refractivity contribution is -0.117. The molecule has 1 aliphatic heterocycles. The number of allylic oxidation sites excluding steroid dienone is 1. The van der Waals surface area contributed by atoms with E-state index in [1.165, 1.54) is 11.8 Å². The van der Waals surface area contributed by atoms with Gasteiger partial charge >= 0.3 is 0 Å². The number of nitrogens with zero attached hydrogens (tertiary/aromatic N) is 4. The van der Waals surface area contributed by atoms with Crippen LogP contribution in [0.25, 0.3) is 11.4 Å². The largest absolute Gasteiger partial charge is 0.325 e. The van der Waals surface area contributed by atoms with Gasteiger partial charge in [-0.2, -0.15) is 0 Å². The van der Waals surface area contributed by atoms with Crippen LogP contribution in [0.4, 0.5) is 11.4 Å². The summed E-state index contributed by atoms with van der Waals surface area (Å²) >= 11 is 1.32. The standard InChI is InChI=1S/C23H23N5O2S/c1-2-13-28-22(17-8-4-3-5-9-17)25-26-23(28)31-16-20(29)24-18-10-6-11-19(15-18)27-14-7-12-21(27)30/h2-6,8-11,15H,1,7,12-14,16H2,(H,24,29). The average Bonchev–Trinajstić information content (AvgIpc) is 3.39. The highest BCUT2D eigenvalue weighted by molar-refractivity contribution is 7.99. The fraction of sp³-hybridized carbons (Fsp3) is 0.217.